The van der Waals surface area contributed by atoms with Gasteiger partial charge in [0.05, 0.1) is 6.33 Å². The van der Waals surface area contributed by atoms with Gasteiger partial charge in [0.2, 0.25) is 10.0 Å². The molecule has 9 heteroatoms. The molecule has 1 aromatic carbocycles. The molecule has 0 saturated carbocycles. The van der Waals surface area contributed by atoms with E-state index in [2.05, 4.69) is 25.6 Å². The minimum absolute atomic E-state index is 0.152. The lowest BCUT2D eigenvalue weighted by Gasteiger charge is -2.15. The number of imidazole rings is 1. The number of benzene rings is 1. The molecule has 1 heterocycles. The van der Waals surface area contributed by atoms with Crippen molar-refractivity contribution in [1.29, 1.82) is 0 Å². The van der Waals surface area contributed by atoms with Crippen LogP contribution in [0, 0.1) is 5.82 Å². The number of anilines is 1. The summed E-state index contributed by atoms with van der Waals surface area (Å²) in [6.07, 6.45) is 4.88. The predicted octanol–water partition coefficient (Wildman–Crippen LogP) is 1.73. The van der Waals surface area contributed by atoms with Crippen LogP contribution < -0.4 is 10.5 Å². The summed E-state index contributed by atoms with van der Waals surface area (Å²) in [6, 6.07) is 1.68. The summed E-state index contributed by atoms with van der Waals surface area (Å²) in [6.45, 7) is 2.06. The van der Waals surface area contributed by atoms with Crippen molar-refractivity contribution in [3.05, 3.63) is 41.1 Å². The zero-order valence-electron chi connectivity index (χ0n) is 11.1. The molecular formula is C12H14BrFN4O2S. The number of hydrogen-bond donors (Lipinski definition) is 2. The van der Waals surface area contributed by atoms with Crippen LogP contribution in [0.15, 0.2) is 40.2 Å². The molecule has 0 saturated heterocycles. The Morgan fingerprint density at radius 3 is 2.86 bits per heavy atom. The second-order valence-corrected chi connectivity index (χ2v) is 7.12. The fourth-order valence-corrected chi connectivity index (χ4v) is 3.47. The number of nitrogen functional groups attached to an aromatic ring is 1. The number of nitrogens with zero attached hydrogens (tertiary/aromatic N) is 2. The molecule has 1 aromatic heterocycles. The first-order chi connectivity index (χ1) is 9.79. The predicted molar refractivity (Wildman–Crippen MR) is 80.5 cm³/mol. The van der Waals surface area contributed by atoms with Crippen molar-refractivity contribution in [2.24, 2.45) is 0 Å². The standard InChI is InChI=1S/C12H14BrFN4O2S/c1-8(6-18-3-2-16-7-18)17-21(19,20)12-5-11(15)9(13)4-10(12)14/h2-5,7-8,17H,6,15H2,1H3. The zero-order chi connectivity index (χ0) is 15.6. The van der Waals surface area contributed by atoms with Crippen molar-refractivity contribution in [2.75, 3.05) is 5.73 Å². The molecule has 1 atom stereocenters. The van der Waals surface area contributed by atoms with E-state index < -0.39 is 26.8 Å². The number of sulfonamides is 1. The van der Waals surface area contributed by atoms with E-state index >= 15 is 0 Å². The Hall–Kier alpha value is -1.45. The van der Waals surface area contributed by atoms with E-state index in [0.29, 0.717) is 11.0 Å². The average molecular weight is 377 g/mol. The third-order valence-electron chi connectivity index (χ3n) is 2.74. The topological polar surface area (TPSA) is 90.0 Å². The number of nitrogens with one attached hydrogen (secondary N) is 1. The lowest BCUT2D eigenvalue weighted by Crippen LogP contribution is -2.35. The Morgan fingerprint density at radius 2 is 2.24 bits per heavy atom. The Kier molecular flexibility index (Phi) is 4.64. The summed E-state index contributed by atoms with van der Waals surface area (Å²) in [5, 5.41) is 0. The fraction of sp³-hybridized carbons (Fsp3) is 0.250. The highest BCUT2D eigenvalue weighted by atomic mass is 79.9. The molecule has 0 spiro atoms. The van der Waals surface area contributed by atoms with E-state index in [-0.39, 0.29) is 5.69 Å². The molecule has 0 radical (unpaired) electrons. The number of nitrogens with two attached hydrogens (primary N) is 1. The summed E-state index contributed by atoms with van der Waals surface area (Å²) >= 11 is 3.05. The third-order valence-corrected chi connectivity index (χ3v) is 5.03. The molecule has 2 rings (SSSR count). The largest absolute Gasteiger partial charge is 0.398 e. The average Bonchev–Trinajstić information content (AvgIpc) is 2.85. The summed E-state index contributed by atoms with van der Waals surface area (Å²) in [5.41, 5.74) is 5.76. The van der Waals surface area contributed by atoms with Crippen molar-refractivity contribution in [3.63, 3.8) is 0 Å². The van der Waals surface area contributed by atoms with Gasteiger partial charge in [0.1, 0.15) is 10.7 Å². The van der Waals surface area contributed by atoms with Crippen LogP contribution in [0.5, 0.6) is 0 Å². The van der Waals surface area contributed by atoms with E-state index in [1.165, 1.54) is 0 Å². The number of aromatic nitrogens is 2. The maximum absolute atomic E-state index is 13.8. The number of halogens is 2. The highest BCUT2D eigenvalue weighted by Crippen LogP contribution is 2.26. The Bertz CT molecular complexity index is 734. The quantitative estimate of drug-likeness (QED) is 0.777. The first-order valence-electron chi connectivity index (χ1n) is 6.02. The summed E-state index contributed by atoms with van der Waals surface area (Å²) in [5.74, 6) is -0.863. The highest BCUT2D eigenvalue weighted by Gasteiger charge is 2.22. The normalized spacial score (nSPS) is 13.3. The van der Waals surface area contributed by atoms with Crippen LogP contribution in [0.1, 0.15) is 6.92 Å². The van der Waals surface area contributed by atoms with Crippen LogP contribution in [-0.2, 0) is 16.6 Å². The zero-order valence-corrected chi connectivity index (χ0v) is 13.5. The molecular weight excluding hydrogens is 363 g/mol. The molecule has 114 valence electrons. The summed E-state index contributed by atoms with van der Waals surface area (Å²) < 4.78 is 42.7. The maximum Gasteiger partial charge on any atom is 0.243 e. The minimum atomic E-state index is -3.99. The molecule has 0 aliphatic heterocycles. The molecule has 3 N–H and O–H groups in total. The molecule has 0 fully saturated rings. The number of rotatable bonds is 5. The first kappa shape index (κ1) is 15.9. The van der Waals surface area contributed by atoms with E-state index in [9.17, 15) is 12.8 Å². The monoisotopic (exact) mass is 376 g/mol. The van der Waals surface area contributed by atoms with Gasteiger partial charge in [-0.25, -0.2) is 22.5 Å². The molecule has 0 aliphatic carbocycles. The highest BCUT2D eigenvalue weighted by molar-refractivity contribution is 9.10. The second-order valence-electron chi connectivity index (χ2n) is 4.59. The SMILES string of the molecule is CC(Cn1ccnc1)NS(=O)(=O)c1cc(N)c(Br)cc1F. The van der Waals surface area contributed by atoms with Gasteiger partial charge in [0.25, 0.3) is 0 Å². The smallest absolute Gasteiger partial charge is 0.243 e. The van der Waals surface area contributed by atoms with Crippen LogP contribution in [0.4, 0.5) is 10.1 Å². The lowest BCUT2D eigenvalue weighted by molar-refractivity contribution is 0.513. The van der Waals surface area contributed by atoms with Gasteiger partial charge in [-0.2, -0.15) is 0 Å². The van der Waals surface area contributed by atoms with Gasteiger partial charge in [0, 0.05) is 35.1 Å². The van der Waals surface area contributed by atoms with Crippen LogP contribution in [0.25, 0.3) is 0 Å². The van der Waals surface area contributed by atoms with E-state index in [0.717, 1.165) is 12.1 Å². The van der Waals surface area contributed by atoms with E-state index in [1.54, 1.807) is 30.2 Å². The van der Waals surface area contributed by atoms with Gasteiger partial charge < -0.3 is 10.3 Å². The molecule has 1 unspecified atom stereocenters. The second kappa shape index (κ2) is 6.12. The van der Waals surface area contributed by atoms with Crippen molar-refractivity contribution in [2.45, 2.75) is 24.4 Å². The van der Waals surface area contributed by atoms with Gasteiger partial charge in [-0.05, 0) is 35.0 Å². The van der Waals surface area contributed by atoms with Gasteiger partial charge in [-0.3, -0.25) is 0 Å². The van der Waals surface area contributed by atoms with Gasteiger partial charge in [-0.15, -0.1) is 0 Å². The van der Waals surface area contributed by atoms with E-state index in [4.69, 9.17) is 5.73 Å². The van der Waals surface area contributed by atoms with Crippen LogP contribution in [0.3, 0.4) is 0 Å². The van der Waals surface area contributed by atoms with Crippen LogP contribution >= 0.6 is 15.9 Å². The fourth-order valence-electron chi connectivity index (χ4n) is 1.83. The lowest BCUT2D eigenvalue weighted by atomic mass is 10.3. The Morgan fingerprint density at radius 1 is 1.52 bits per heavy atom. The summed E-state index contributed by atoms with van der Waals surface area (Å²) in [4.78, 5) is 3.40. The third kappa shape index (κ3) is 3.80. The Balaban J connectivity index is 2.20. The minimum Gasteiger partial charge on any atom is -0.398 e. The van der Waals surface area contributed by atoms with Gasteiger partial charge in [0.15, 0.2) is 0 Å². The Labute approximate surface area is 130 Å². The maximum atomic E-state index is 13.8. The van der Waals surface area contributed by atoms with E-state index in [1.807, 2.05) is 0 Å². The molecule has 6 nitrogen and oxygen atoms in total. The van der Waals surface area contributed by atoms with Crippen LogP contribution in [0.2, 0.25) is 0 Å². The van der Waals surface area contributed by atoms with Gasteiger partial charge >= 0.3 is 0 Å². The molecule has 0 amide bonds. The molecule has 0 bridgehead atoms. The van der Waals surface area contributed by atoms with Gasteiger partial charge in [-0.1, -0.05) is 0 Å². The van der Waals surface area contributed by atoms with Crippen molar-refractivity contribution < 1.29 is 12.8 Å². The molecule has 21 heavy (non-hydrogen) atoms. The van der Waals surface area contributed by atoms with Crippen molar-refractivity contribution in [3.8, 4) is 0 Å². The van der Waals surface area contributed by atoms with Crippen molar-refractivity contribution >= 4 is 31.6 Å². The van der Waals surface area contributed by atoms with Crippen molar-refractivity contribution in [1.82, 2.24) is 14.3 Å². The first-order valence-corrected chi connectivity index (χ1v) is 8.30. The molecule has 0 aliphatic rings. The number of hydrogen-bond acceptors (Lipinski definition) is 4. The van der Waals surface area contributed by atoms with Crippen LogP contribution in [-0.4, -0.2) is 24.0 Å². The summed E-state index contributed by atoms with van der Waals surface area (Å²) in [7, 11) is -3.99. The molecule has 2 aromatic rings.